The molecule has 0 fully saturated rings. The number of aryl methyl sites for hydroxylation is 1. The van der Waals surface area contributed by atoms with E-state index in [1.807, 2.05) is 61.7 Å². The van der Waals surface area contributed by atoms with E-state index >= 15 is 0 Å². The number of carbonyl (C=O) groups is 2. The van der Waals surface area contributed by atoms with Crippen molar-refractivity contribution in [3.63, 3.8) is 0 Å². The van der Waals surface area contributed by atoms with E-state index in [0.717, 1.165) is 29.7 Å². The lowest BCUT2D eigenvalue weighted by Crippen LogP contribution is -2.48. The third-order valence-corrected chi connectivity index (χ3v) is 6.90. The summed E-state index contributed by atoms with van der Waals surface area (Å²) in [5.41, 5.74) is 3.23. The average Bonchev–Trinajstić information content (AvgIpc) is 2.86. The molecule has 0 spiro atoms. The van der Waals surface area contributed by atoms with E-state index in [4.69, 9.17) is 0 Å². The van der Waals surface area contributed by atoms with Crippen molar-refractivity contribution in [1.82, 2.24) is 9.97 Å². The van der Waals surface area contributed by atoms with Crippen LogP contribution in [-0.4, -0.2) is 21.7 Å². The molecule has 1 N–H and O–H groups in total. The lowest BCUT2D eigenvalue weighted by molar-refractivity contribution is -0.121. The van der Waals surface area contributed by atoms with Crippen LogP contribution in [0.4, 0.5) is 5.69 Å². The van der Waals surface area contributed by atoms with Crippen molar-refractivity contribution in [2.45, 2.75) is 25.2 Å². The first-order chi connectivity index (χ1) is 16.0. The summed E-state index contributed by atoms with van der Waals surface area (Å²) < 4.78 is 0. The van der Waals surface area contributed by atoms with Gasteiger partial charge < -0.3 is 5.32 Å². The van der Waals surface area contributed by atoms with Gasteiger partial charge in [0.15, 0.2) is 5.78 Å². The molecule has 5 rings (SSSR count). The highest BCUT2D eigenvalue weighted by molar-refractivity contribution is 6.05. The topological polar surface area (TPSA) is 95.7 Å². The van der Waals surface area contributed by atoms with Gasteiger partial charge in [0.05, 0.1) is 16.7 Å². The number of carbonyl (C=O) groups excluding carboxylic acids is 2. The van der Waals surface area contributed by atoms with Crippen LogP contribution >= 0.6 is 0 Å². The van der Waals surface area contributed by atoms with E-state index in [-0.39, 0.29) is 29.1 Å². The number of rotatable bonds is 3. The fourth-order valence-electron chi connectivity index (χ4n) is 5.34. The van der Waals surface area contributed by atoms with E-state index < -0.39 is 5.41 Å². The zero-order valence-corrected chi connectivity index (χ0v) is 18.2. The van der Waals surface area contributed by atoms with E-state index in [1.54, 1.807) is 12.1 Å². The van der Waals surface area contributed by atoms with Gasteiger partial charge in [-0.2, -0.15) is 5.26 Å². The number of ketones is 1. The fourth-order valence-corrected chi connectivity index (χ4v) is 5.34. The molecule has 0 saturated heterocycles. The van der Waals surface area contributed by atoms with Crippen LogP contribution in [0.3, 0.4) is 0 Å². The van der Waals surface area contributed by atoms with Gasteiger partial charge in [-0.3, -0.25) is 9.59 Å². The number of amides is 1. The molecular weight excluding hydrogens is 412 g/mol. The largest absolute Gasteiger partial charge is 0.322 e. The number of hydrogen-bond acceptors (Lipinski definition) is 5. The summed E-state index contributed by atoms with van der Waals surface area (Å²) in [5.74, 6) is -0.765. The number of para-hydroxylation sites is 1. The zero-order chi connectivity index (χ0) is 23.0. The van der Waals surface area contributed by atoms with Crippen molar-refractivity contribution in [2.75, 3.05) is 5.32 Å². The number of nitrogens with zero attached hydrogens (tertiary/aromatic N) is 3. The van der Waals surface area contributed by atoms with E-state index in [2.05, 4.69) is 21.4 Å². The molecule has 2 aliphatic rings. The van der Waals surface area contributed by atoms with Gasteiger partial charge in [-0.25, -0.2) is 9.97 Å². The maximum Gasteiger partial charge on any atom is 0.255 e. The lowest BCUT2D eigenvalue weighted by Gasteiger charge is -2.47. The van der Waals surface area contributed by atoms with Gasteiger partial charge >= 0.3 is 0 Å². The molecule has 3 atom stereocenters. The first-order valence-corrected chi connectivity index (χ1v) is 11.0. The summed E-state index contributed by atoms with van der Waals surface area (Å²) in [6, 6.07) is 18.8. The quantitative estimate of drug-likeness (QED) is 0.665. The van der Waals surface area contributed by atoms with Gasteiger partial charge in [0.25, 0.3) is 5.91 Å². The Balaban J connectivity index is 1.68. The summed E-state index contributed by atoms with van der Waals surface area (Å²) >= 11 is 0. The molecular formula is C27H22N4O2. The van der Waals surface area contributed by atoms with Gasteiger partial charge in [0.2, 0.25) is 0 Å². The van der Waals surface area contributed by atoms with Crippen molar-refractivity contribution >= 4 is 17.4 Å². The number of fused-ring (bicyclic) bond motifs is 3. The van der Waals surface area contributed by atoms with Crippen molar-refractivity contribution in [3.05, 3.63) is 101 Å². The van der Waals surface area contributed by atoms with Gasteiger partial charge in [0, 0.05) is 23.4 Å². The Bertz CT molecular complexity index is 1330. The number of benzene rings is 2. The maximum absolute atomic E-state index is 13.0. The Morgan fingerprint density at radius 2 is 2.00 bits per heavy atom. The molecule has 162 valence electrons. The summed E-state index contributed by atoms with van der Waals surface area (Å²) in [5, 5.41) is 12.7. The second-order valence-corrected chi connectivity index (χ2v) is 8.63. The molecule has 0 saturated carbocycles. The highest BCUT2D eigenvalue weighted by atomic mass is 16.1. The fraction of sp³-hybridized carbons (Fsp3) is 0.222. The van der Waals surface area contributed by atoms with Crippen LogP contribution < -0.4 is 5.32 Å². The van der Waals surface area contributed by atoms with E-state index in [9.17, 15) is 14.9 Å². The molecule has 33 heavy (non-hydrogen) atoms. The minimum absolute atomic E-state index is 0.0723. The van der Waals surface area contributed by atoms with Crippen molar-refractivity contribution < 1.29 is 9.59 Å². The van der Waals surface area contributed by atoms with Crippen molar-refractivity contribution in [1.29, 1.82) is 5.26 Å². The van der Waals surface area contributed by atoms with Crippen LogP contribution in [0.2, 0.25) is 0 Å². The molecule has 6 nitrogen and oxygen atoms in total. The Hall–Kier alpha value is -4.11. The summed E-state index contributed by atoms with van der Waals surface area (Å²) in [6.45, 7) is 1.89. The number of nitrogens with one attached hydrogen (secondary N) is 1. The zero-order valence-electron chi connectivity index (χ0n) is 18.2. The van der Waals surface area contributed by atoms with Gasteiger partial charge in [0.1, 0.15) is 12.4 Å². The molecule has 2 aromatic carbocycles. The highest BCUT2D eigenvalue weighted by Crippen LogP contribution is 2.52. The molecule has 1 aromatic heterocycles. The van der Waals surface area contributed by atoms with Crippen molar-refractivity contribution in [2.24, 2.45) is 11.8 Å². The van der Waals surface area contributed by atoms with E-state index in [1.165, 1.54) is 6.33 Å². The van der Waals surface area contributed by atoms with Crippen LogP contribution in [0.15, 0.2) is 78.8 Å². The smallest absolute Gasteiger partial charge is 0.255 e. The minimum Gasteiger partial charge on any atom is -0.322 e. The molecule has 3 aromatic rings. The summed E-state index contributed by atoms with van der Waals surface area (Å²) in [4.78, 5) is 34.8. The Labute approximate surface area is 192 Å². The maximum atomic E-state index is 13.0. The van der Waals surface area contributed by atoms with Crippen molar-refractivity contribution in [3.8, 4) is 6.07 Å². The number of allylic oxidation sites excluding steroid dienone is 2. The molecule has 0 bridgehead atoms. The van der Waals surface area contributed by atoms with Crippen LogP contribution in [0.1, 0.15) is 40.5 Å². The lowest BCUT2D eigenvalue weighted by atomic mass is 9.54. The number of anilines is 1. The highest BCUT2D eigenvalue weighted by Gasteiger charge is 2.52. The standard InChI is InChI=1S/C27H22N4O2/c1-17-23-11-10-19-15-29-16-30-25(19)27(23,13-20(14-28)24(17)32)21-7-5-6-18(12-21)26(33)31-22-8-3-2-4-9-22/h2-9,12-13,15-17,23H,10-11H2,1H3,(H,31,33)/t17-,23-,27?/m0/s1. The Kier molecular flexibility index (Phi) is 5.10. The summed E-state index contributed by atoms with van der Waals surface area (Å²) in [7, 11) is 0. The molecule has 1 heterocycles. The Morgan fingerprint density at radius 1 is 1.18 bits per heavy atom. The number of hydrogen-bond donors (Lipinski definition) is 1. The van der Waals surface area contributed by atoms with Crippen LogP contribution in [0.25, 0.3) is 0 Å². The third-order valence-electron chi connectivity index (χ3n) is 6.90. The van der Waals surface area contributed by atoms with Gasteiger partial charge in [-0.05, 0) is 60.2 Å². The third kappa shape index (κ3) is 3.33. The predicted octanol–water partition coefficient (Wildman–Crippen LogP) is 4.25. The molecule has 2 aliphatic carbocycles. The first kappa shape index (κ1) is 20.8. The van der Waals surface area contributed by atoms with Crippen LogP contribution in [-0.2, 0) is 16.6 Å². The molecule has 0 radical (unpaired) electrons. The number of aromatic nitrogens is 2. The van der Waals surface area contributed by atoms with E-state index in [0.29, 0.717) is 11.3 Å². The minimum atomic E-state index is -0.780. The second kappa shape index (κ2) is 8.10. The first-order valence-electron chi connectivity index (χ1n) is 11.0. The molecule has 1 unspecified atom stereocenters. The normalized spacial score (nSPS) is 23.5. The van der Waals surface area contributed by atoms with Crippen LogP contribution in [0.5, 0.6) is 0 Å². The average molecular weight is 434 g/mol. The monoisotopic (exact) mass is 434 g/mol. The Morgan fingerprint density at radius 3 is 2.79 bits per heavy atom. The number of nitriles is 1. The molecule has 6 heteroatoms. The second-order valence-electron chi connectivity index (χ2n) is 8.63. The summed E-state index contributed by atoms with van der Waals surface area (Å²) in [6.07, 6.45) is 6.63. The van der Waals surface area contributed by atoms with Gasteiger partial charge in [-0.15, -0.1) is 0 Å². The molecule has 1 amide bonds. The SMILES string of the molecule is C[C@@H]1C(=O)C(C#N)=CC2(c3cccc(C(=O)Nc4ccccc4)c3)c3ncncc3CC[C@@H]12. The number of Topliss-reactive ketones (excluding diaryl/α,β-unsaturated/α-hetero) is 1. The van der Waals surface area contributed by atoms with Crippen LogP contribution in [0, 0.1) is 23.2 Å². The predicted molar refractivity (Wildman–Crippen MR) is 123 cm³/mol. The van der Waals surface area contributed by atoms with Gasteiger partial charge in [-0.1, -0.05) is 37.3 Å². The molecule has 0 aliphatic heterocycles.